The molecule has 1 aromatic carbocycles. The number of hydrogen-bond donors (Lipinski definition) is 1. The molecule has 0 spiro atoms. The van der Waals surface area contributed by atoms with Gasteiger partial charge in [0.05, 0.1) is 27.4 Å². The first-order valence-electron chi connectivity index (χ1n) is 9.49. The Balaban J connectivity index is 2.00. The van der Waals surface area contributed by atoms with E-state index in [0.29, 0.717) is 30.5 Å². The molecule has 1 N–H and O–H groups in total. The van der Waals surface area contributed by atoms with Crippen LogP contribution in [0.25, 0.3) is 6.08 Å². The van der Waals surface area contributed by atoms with E-state index in [1.54, 1.807) is 33.5 Å². The molecule has 0 unspecified atom stereocenters. The molecule has 0 bridgehead atoms. The fraction of sp³-hybridized carbons (Fsp3) is 0.476. The number of amides is 1. The van der Waals surface area contributed by atoms with Crippen molar-refractivity contribution in [2.24, 2.45) is 0 Å². The quantitative estimate of drug-likeness (QED) is 0.259. The van der Waals surface area contributed by atoms with Crippen molar-refractivity contribution in [1.29, 1.82) is 0 Å². The first-order valence-corrected chi connectivity index (χ1v) is 9.49. The summed E-state index contributed by atoms with van der Waals surface area (Å²) >= 11 is 0. The lowest BCUT2D eigenvalue weighted by molar-refractivity contribution is -0.126. The second-order valence-corrected chi connectivity index (χ2v) is 6.21. The van der Waals surface area contributed by atoms with Gasteiger partial charge < -0.3 is 33.9 Å². The highest BCUT2D eigenvalue weighted by molar-refractivity contribution is 5.88. The van der Waals surface area contributed by atoms with Gasteiger partial charge in [0.2, 0.25) is 11.7 Å². The van der Waals surface area contributed by atoms with E-state index in [9.17, 15) is 4.79 Å². The average molecular weight is 406 g/mol. The van der Waals surface area contributed by atoms with Crippen molar-refractivity contribution in [3.8, 4) is 17.2 Å². The molecular weight excluding hydrogens is 376 g/mol. The average Bonchev–Trinajstić information content (AvgIpc) is 2.77. The van der Waals surface area contributed by atoms with Gasteiger partial charge in [-0.15, -0.1) is 0 Å². The van der Waals surface area contributed by atoms with Crippen molar-refractivity contribution >= 4 is 12.0 Å². The zero-order valence-corrected chi connectivity index (χ0v) is 17.3. The number of hydrogen-bond acceptors (Lipinski definition) is 7. The summed E-state index contributed by atoms with van der Waals surface area (Å²) in [5, 5.41) is 3.23. The minimum Gasteiger partial charge on any atom is -0.493 e. The topological polar surface area (TPSA) is 78.5 Å². The second-order valence-electron chi connectivity index (χ2n) is 6.21. The molecule has 1 aliphatic rings. The van der Waals surface area contributed by atoms with Gasteiger partial charge in [-0.3, -0.25) is 4.79 Å². The number of carbonyl (C=O) groups is 1. The molecule has 1 aromatic rings. The number of piperazine rings is 1. The number of rotatable bonds is 11. The Morgan fingerprint density at radius 2 is 1.76 bits per heavy atom. The van der Waals surface area contributed by atoms with E-state index in [4.69, 9.17) is 23.7 Å². The first kappa shape index (κ1) is 22.7. The maximum Gasteiger partial charge on any atom is 0.246 e. The number of methoxy groups -OCH3 is 3. The molecule has 8 heteroatoms. The molecule has 0 atom stereocenters. The third kappa shape index (κ3) is 7.41. The largest absolute Gasteiger partial charge is 0.493 e. The number of benzene rings is 1. The summed E-state index contributed by atoms with van der Waals surface area (Å²) in [5.74, 6) is 1.54. The summed E-state index contributed by atoms with van der Waals surface area (Å²) in [7, 11) is 4.73. The van der Waals surface area contributed by atoms with E-state index in [-0.39, 0.29) is 12.7 Å². The van der Waals surface area contributed by atoms with Crippen LogP contribution >= 0.6 is 0 Å². The van der Waals surface area contributed by atoms with Crippen LogP contribution in [0.2, 0.25) is 0 Å². The Kier molecular flexibility index (Phi) is 10.1. The van der Waals surface area contributed by atoms with Crippen LogP contribution in [-0.4, -0.2) is 78.3 Å². The smallest absolute Gasteiger partial charge is 0.246 e. The Bertz CT molecular complexity index is 673. The van der Waals surface area contributed by atoms with Crippen molar-refractivity contribution < 1.29 is 28.5 Å². The molecule has 1 aliphatic heterocycles. The van der Waals surface area contributed by atoms with Crippen LogP contribution in [0.3, 0.4) is 0 Å². The lowest BCUT2D eigenvalue weighted by Crippen LogP contribution is -2.45. The molecule has 0 saturated carbocycles. The summed E-state index contributed by atoms with van der Waals surface area (Å²) in [4.78, 5) is 13.9. The van der Waals surface area contributed by atoms with Gasteiger partial charge in [0.15, 0.2) is 18.3 Å². The van der Waals surface area contributed by atoms with E-state index >= 15 is 0 Å². The highest BCUT2D eigenvalue weighted by Crippen LogP contribution is 2.38. The standard InChI is InChI=1S/C21H30N2O6/c1-25-12-13-28-16-29-21-18(26-2)14-17(15-19(21)27-3)6-4-5-7-20(24)23-10-8-22-9-11-23/h4-7,14-15,22H,8-13,16H2,1-3H3. The summed E-state index contributed by atoms with van der Waals surface area (Å²) in [6.07, 6.45) is 6.98. The SMILES string of the molecule is COCCOCOc1c(OC)cc(C=CC=CC(=O)N2CCNCC2)cc1OC. The van der Waals surface area contributed by atoms with Gasteiger partial charge in [0.25, 0.3) is 0 Å². The van der Waals surface area contributed by atoms with Crippen molar-refractivity contribution in [1.82, 2.24) is 10.2 Å². The van der Waals surface area contributed by atoms with Crippen LogP contribution in [0.15, 0.2) is 30.4 Å². The van der Waals surface area contributed by atoms with Gasteiger partial charge >= 0.3 is 0 Å². The van der Waals surface area contributed by atoms with Gasteiger partial charge in [-0.2, -0.15) is 0 Å². The fourth-order valence-corrected chi connectivity index (χ4v) is 2.74. The molecule has 8 nitrogen and oxygen atoms in total. The van der Waals surface area contributed by atoms with Crippen molar-refractivity contribution in [2.75, 3.05) is 67.5 Å². The van der Waals surface area contributed by atoms with Crippen LogP contribution in [0.1, 0.15) is 5.56 Å². The van der Waals surface area contributed by atoms with Gasteiger partial charge in [0.1, 0.15) is 0 Å². The maximum atomic E-state index is 12.1. The van der Waals surface area contributed by atoms with E-state index in [1.165, 1.54) is 0 Å². The molecule has 1 heterocycles. The molecule has 1 saturated heterocycles. The first-order chi connectivity index (χ1) is 14.2. The molecule has 2 rings (SSSR count). The van der Waals surface area contributed by atoms with Crippen molar-refractivity contribution in [3.63, 3.8) is 0 Å². The molecular formula is C21H30N2O6. The van der Waals surface area contributed by atoms with Crippen LogP contribution in [0.4, 0.5) is 0 Å². The molecule has 160 valence electrons. The second kappa shape index (κ2) is 12.8. The Morgan fingerprint density at radius 1 is 1.07 bits per heavy atom. The summed E-state index contributed by atoms with van der Waals surface area (Å²) in [5.41, 5.74) is 0.852. The molecule has 1 amide bonds. The van der Waals surface area contributed by atoms with Crippen LogP contribution in [0.5, 0.6) is 17.2 Å². The highest BCUT2D eigenvalue weighted by atomic mass is 16.7. The molecule has 0 radical (unpaired) electrons. The minimum absolute atomic E-state index is 0.0172. The lowest BCUT2D eigenvalue weighted by atomic mass is 10.1. The molecule has 0 aromatic heterocycles. The van der Waals surface area contributed by atoms with E-state index in [2.05, 4.69) is 5.32 Å². The molecule has 29 heavy (non-hydrogen) atoms. The van der Waals surface area contributed by atoms with Crippen molar-refractivity contribution in [2.45, 2.75) is 0 Å². The summed E-state index contributed by atoms with van der Waals surface area (Å²) in [6.45, 7) is 4.12. The van der Waals surface area contributed by atoms with Crippen LogP contribution < -0.4 is 19.5 Å². The van der Waals surface area contributed by atoms with Crippen molar-refractivity contribution in [3.05, 3.63) is 35.9 Å². The lowest BCUT2D eigenvalue weighted by Gasteiger charge is -2.26. The number of allylic oxidation sites excluding steroid dienone is 2. The van der Waals surface area contributed by atoms with E-state index < -0.39 is 0 Å². The summed E-state index contributed by atoms with van der Waals surface area (Å²) < 4.78 is 26.8. The van der Waals surface area contributed by atoms with Gasteiger partial charge in [-0.05, 0) is 17.7 Å². The third-order valence-corrected chi connectivity index (χ3v) is 4.27. The molecule has 1 fully saturated rings. The van der Waals surface area contributed by atoms with E-state index in [1.807, 2.05) is 29.2 Å². The van der Waals surface area contributed by atoms with Gasteiger partial charge in [-0.25, -0.2) is 0 Å². The summed E-state index contributed by atoms with van der Waals surface area (Å²) in [6, 6.07) is 3.66. The predicted octanol–water partition coefficient (Wildman–Crippen LogP) is 1.70. The highest BCUT2D eigenvalue weighted by Gasteiger charge is 2.14. The number of carbonyl (C=O) groups excluding carboxylic acids is 1. The van der Waals surface area contributed by atoms with Gasteiger partial charge in [0, 0.05) is 39.4 Å². The third-order valence-electron chi connectivity index (χ3n) is 4.27. The monoisotopic (exact) mass is 406 g/mol. The zero-order valence-electron chi connectivity index (χ0n) is 17.3. The Morgan fingerprint density at radius 3 is 2.38 bits per heavy atom. The zero-order chi connectivity index (χ0) is 20.9. The minimum atomic E-state index is 0.0172. The number of nitrogens with zero attached hydrogens (tertiary/aromatic N) is 1. The van der Waals surface area contributed by atoms with Crippen LogP contribution in [0, 0.1) is 0 Å². The number of nitrogens with one attached hydrogen (secondary N) is 1. The fourth-order valence-electron chi connectivity index (χ4n) is 2.74. The van der Waals surface area contributed by atoms with Gasteiger partial charge in [-0.1, -0.05) is 18.2 Å². The maximum absolute atomic E-state index is 12.1. The predicted molar refractivity (Wildman–Crippen MR) is 110 cm³/mol. The number of ether oxygens (including phenoxy) is 5. The van der Waals surface area contributed by atoms with Crippen LogP contribution in [-0.2, 0) is 14.3 Å². The Labute approximate surface area is 172 Å². The molecule has 0 aliphatic carbocycles. The normalized spacial score (nSPS) is 14.5. The Hall–Kier alpha value is -2.55. The van der Waals surface area contributed by atoms with E-state index in [0.717, 1.165) is 31.7 Å².